The average Bonchev–Trinajstić information content (AvgIpc) is 2.71. The molecule has 0 spiro atoms. The molecule has 1 aromatic heterocycles. The molecule has 0 amide bonds. The Balaban J connectivity index is 2.42. The number of hydrogen-bond donors (Lipinski definition) is 1. The Morgan fingerprint density at radius 2 is 2.06 bits per heavy atom. The van der Waals surface area contributed by atoms with E-state index in [1.165, 1.54) is 22.5 Å². The third-order valence-electron chi connectivity index (χ3n) is 2.48. The number of benzene rings is 1. The lowest BCUT2D eigenvalue weighted by Crippen LogP contribution is -1.95. The summed E-state index contributed by atoms with van der Waals surface area (Å²) in [6.45, 7) is 4.08. The summed E-state index contributed by atoms with van der Waals surface area (Å²) in [6, 6.07) is 6.01. The number of nitrogens with zero attached hydrogens (tertiary/aromatic N) is 1. The third-order valence-corrected chi connectivity index (χ3v) is 3.37. The van der Waals surface area contributed by atoms with Crippen LogP contribution in [0.25, 0.3) is 10.6 Å². The number of carboxylic acid groups (broad SMARTS) is 1. The highest BCUT2D eigenvalue weighted by Crippen LogP contribution is 2.25. The van der Waals surface area contributed by atoms with E-state index in [1.54, 1.807) is 5.38 Å². The van der Waals surface area contributed by atoms with Crippen molar-refractivity contribution in [3.05, 3.63) is 40.4 Å². The number of aromatic nitrogens is 1. The molecule has 3 nitrogen and oxygen atoms in total. The van der Waals surface area contributed by atoms with Crippen molar-refractivity contribution in [3.8, 4) is 10.6 Å². The fraction of sp³-hybridized carbons (Fsp3) is 0.167. The number of carboxylic acids is 1. The standard InChI is InChI=1S/C12H11NO2S/c1-7-3-4-9(5-8(7)2)11-13-10(6-16-11)12(14)15/h3-6H,1-2H3,(H,14,15). The molecule has 82 valence electrons. The maximum atomic E-state index is 10.7. The summed E-state index contributed by atoms with van der Waals surface area (Å²) >= 11 is 1.35. The van der Waals surface area contributed by atoms with Crippen molar-refractivity contribution in [2.45, 2.75) is 13.8 Å². The van der Waals surface area contributed by atoms with Gasteiger partial charge in [0.25, 0.3) is 0 Å². The Bertz CT molecular complexity index is 546. The van der Waals surface area contributed by atoms with Gasteiger partial charge in [-0.05, 0) is 31.0 Å². The Labute approximate surface area is 97.4 Å². The third kappa shape index (κ3) is 1.97. The highest BCUT2D eigenvalue weighted by molar-refractivity contribution is 7.13. The van der Waals surface area contributed by atoms with Gasteiger partial charge in [0.1, 0.15) is 5.01 Å². The summed E-state index contributed by atoms with van der Waals surface area (Å²) in [4.78, 5) is 14.8. The zero-order chi connectivity index (χ0) is 11.7. The van der Waals surface area contributed by atoms with Gasteiger partial charge in [0.15, 0.2) is 5.69 Å². The van der Waals surface area contributed by atoms with Crippen LogP contribution in [-0.4, -0.2) is 16.1 Å². The molecule has 2 aromatic rings. The smallest absolute Gasteiger partial charge is 0.355 e. The van der Waals surface area contributed by atoms with E-state index in [4.69, 9.17) is 5.11 Å². The van der Waals surface area contributed by atoms with Crippen molar-refractivity contribution in [2.24, 2.45) is 0 Å². The van der Waals surface area contributed by atoms with Gasteiger partial charge in [0, 0.05) is 10.9 Å². The minimum atomic E-state index is -0.980. The minimum absolute atomic E-state index is 0.109. The molecule has 16 heavy (non-hydrogen) atoms. The number of aryl methyl sites for hydroxylation is 2. The summed E-state index contributed by atoms with van der Waals surface area (Å²) in [5.74, 6) is -0.980. The predicted octanol–water partition coefficient (Wildman–Crippen LogP) is 3.13. The van der Waals surface area contributed by atoms with Gasteiger partial charge in [-0.3, -0.25) is 0 Å². The van der Waals surface area contributed by atoms with Crippen LogP contribution in [0.4, 0.5) is 0 Å². The van der Waals surface area contributed by atoms with Crippen LogP contribution in [0.1, 0.15) is 21.6 Å². The Morgan fingerprint density at radius 3 is 2.62 bits per heavy atom. The molecule has 4 heteroatoms. The van der Waals surface area contributed by atoms with Gasteiger partial charge in [-0.15, -0.1) is 11.3 Å². The fourth-order valence-electron chi connectivity index (χ4n) is 1.38. The molecule has 0 aliphatic carbocycles. The minimum Gasteiger partial charge on any atom is -0.476 e. The zero-order valence-corrected chi connectivity index (χ0v) is 9.84. The van der Waals surface area contributed by atoms with E-state index in [1.807, 2.05) is 32.0 Å². The van der Waals surface area contributed by atoms with E-state index in [0.717, 1.165) is 10.6 Å². The molecule has 0 fully saturated rings. The first-order chi connectivity index (χ1) is 7.58. The topological polar surface area (TPSA) is 50.2 Å². The van der Waals surface area contributed by atoms with Gasteiger partial charge in [-0.2, -0.15) is 0 Å². The van der Waals surface area contributed by atoms with Crippen LogP contribution in [0.5, 0.6) is 0 Å². The summed E-state index contributed by atoms with van der Waals surface area (Å²) in [5.41, 5.74) is 3.49. The molecule has 0 radical (unpaired) electrons. The molecule has 2 rings (SSSR count). The molecule has 1 heterocycles. The Morgan fingerprint density at radius 1 is 1.31 bits per heavy atom. The van der Waals surface area contributed by atoms with Crippen molar-refractivity contribution < 1.29 is 9.90 Å². The lowest BCUT2D eigenvalue weighted by molar-refractivity contribution is 0.0691. The summed E-state index contributed by atoms with van der Waals surface area (Å²) in [5, 5.41) is 11.1. The summed E-state index contributed by atoms with van der Waals surface area (Å²) in [7, 11) is 0. The molecule has 0 saturated carbocycles. The number of hydrogen-bond acceptors (Lipinski definition) is 3. The van der Waals surface area contributed by atoms with E-state index in [-0.39, 0.29) is 5.69 Å². The van der Waals surface area contributed by atoms with Crippen molar-refractivity contribution in [1.29, 1.82) is 0 Å². The monoisotopic (exact) mass is 233 g/mol. The molecule has 0 aliphatic heterocycles. The number of carbonyl (C=O) groups is 1. The largest absolute Gasteiger partial charge is 0.476 e. The first-order valence-electron chi connectivity index (χ1n) is 4.84. The molecular weight excluding hydrogens is 222 g/mol. The normalized spacial score (nSPS) is 10.4. The van der Waals surface area contributed by atoms with Gasteiger partial charge < -0.3 is 5.11 Å². The molecule has 0 atom stereocenters. The summed E-state index contributed by atoms with van der Waals surface area (Å²) in [6.07, 6.45) is 0. The van der Waals surface area contributed by atoms with Crippen LogP contribution in [0, 0.1) is 13.8 Å². The Kier molecular flexibility index (Phi) is 2.75. The maximum absolute atomic E-state index is 10.7. The number of thiazole rings is 1. The predicted molar refractivity (Wildman–Crippen MR) is 64.0 cm³/mol. The van der Waals surface area contributed by atoms with Gasteiger partial charge in [-0.1, -0.05) is 12.1 Å². The van der Waals surface area contributed by atoms with E-state index < -0.39 is 5.97 Å². The van der Waals surface area contributed by atoms with Crippen LogP contribution in [0.3, 0.4) is 0 Å². The van der Waals surface area contributed by atoms with Gasteiger partial charge >= 0.3 is 5.97 Å². The second kappa shape index (κ2) is 4.06. The molecule has 0 aliphatic rings. The van der Waals surface area contributed by atoms with Crippen LogP contribution in [-0.2, 0) is 0 Å². The van der Waals surface area contributed by atoms with E-state index in [9.17, 15) is 4.79 Å². The van der Waals surface area contributed by atoms with Crippen molar-refractivity contribution in [1.82, 2.24) is 4.98 Å². The van der Waals surface area contributed by atoms with E-state index in [0.29, 0.717) is 0 Å². The van der Waals surface area contributed by atoms with E-state index >= 15 is 0 Å². The van der Waals surface area contributed by atoms with Gasteiger partial charge in [0.05, 0.1) is 0 Å². The van der Waals surface area contributed by atoms with Crippen molar-refractivity contribution in [2.75, 3.05) is 0 Å². The average molecular weight is 233 g/mol. The van der Waals surface area contributed by atoms with Crippen LogP contribution in [0.2, 0.25) is 0 Å². The molecule has 0 unspecified atom stereocenters. The SMILES string of the molecule is Cc1ccc(-c2nc(C(=O)O)cs2)cc1C. The molecular formula is C12H11NO2S. The molecule has 1 N–H and O–H groups in total. The molecule has 1 aromatic carbocycles. The number of aromatic carboxylic acids is 1. The lowest BCUT2D eigenvalue weighted by Gasteiger charge is -2.01. The fourth-order valence-corrected chi connectivity index (χ4v) is 2.17. The van der Waals surface area contributed by atoms with Crippen molar-refractivity contribution >= 4 is 17.3 Å². The summed E-state index contributed by atoms with van der Waals surface area (Å²) < 4.78 is 0. The highest BCUT2D eigenvalue weighted by Gasteiger charge is 2.10. The Hall–Kier alpha value is -1.68. The van der Waals surface area contributed by atoms with Gasteiger partial charge in [0.2, 0.25) is 0 Å². The van der Waals surface area contributed by atoms with Gasteiger partial charge in [-0.25, -0.2) is 9.78 Å². The molecule has 0 saturated heterocycles. The second-order valence-corrected chi connectivity index (χ2v) is 4.50. The highest BCUT2D eigenvalue weighted by atomic mass is 32.1. The first kappa shape index (κ1) is 10.8. The van der Waals surface area contributed by atoms with E-state index in [2.05, 4.69) is 4.98 Å². The lowest BCUT2D eigenvalue weighted by atomic mass is 10.1. The van der Waals surface area contributed by atoms with Crippen molar-refractivity contribution in [3.63, 3.8) is 0 Å². The molecule has 0 bridgehead atoms. The first-order valence-corrected chi connectivity index (χ1v) is 5.72. The quantitative estimate of drug-likeness (QED) is 0.867. The zero-order valence-electron chi connectivity index (χ0n) is 9.02. The van der Waals surface area contributed by atoms with Crippen LogP contribution in [0.15, 0.2) is 23.6 Å². The maximum Gasteiger partial charge on any atom is 0.355 e. The van der Waals surface area contributed by atoms with Crippen LogP contribution < -0.4 is 0 Å². The number of rotatable bonds is 2. The van der Waals surface area contributed by atoms with Crippen LogP contribution >= 0.6 is 11.3 Å². The second-order valence-electron chi connectivity index (χ2n) is 3.64.